The first-order valence-corrected chi connectivity index (χ1v) is 33.1. The molecule has 4 N–H and O–H groups in total. The fourth-order valence-electron chi connectivity index (χ4n) is 10.6. The van der Waals surface area contributed by atoms with Crippen molar-refractivity contribution in [3.8, 4) is 90.3 Å². The molecule has 0 aliphatic carbocycles. The molecule has 16 rings (SSSR count). The summed E-state index contributed by atoms with van der Waals surface area (Å²) in [5.74, 6) is 4.27. The minimum absolute atomic E-state index is 0.0174. The minimum Gasteiger partial charge on any atom is -0.448 e. The molecule has 0 fully saturated rings. The topological polar surface area (TPSA) is 197 Å². The van der Waals surface area contributed by atoms with Crippen molar-refractivity contribution >= 4 is 76.6 Å². The average molecular weight is 1200 g/mol. The van der Waals surface area contributed by atoms with Gasteiger partial charge in [-0.25, -0.2) is 9.13 Å². The molecule has 0 saturated carbocycles. The van der Waals surface area contributed by atoms with E-state index in [1.165, 1.54) is 0 Å². The van der Waals surface area contributed by atoms with Gasteiger partial charge in [0.2, 0.25) is 40.4 Å². The summed E-state index contributed by atoms with van der Waals surface area (Å²) >= 11 is 0. The van der Waals surface area contributed by atoms with Gasteiger partial charge in [0.15, 0.2) is 11.6 Å². The van der Waals surface area contributed by atoms with Gasteiger partial charge in [-0.3, -0.25) is 20.3 Å². The van der Waals surface area contributed by atoms with E-state index in [0.717, 1.165) is 72.2 Å². The SMILES string of the molecule is O=P1(Nc2nc(NP3(=O)Oc4ccccc4-c4ccccc43)nc(-c3ccccc3)n2)Oc2ccccc2-c2ccccc21.c1ccc(-c2nc(NP3Oc4ccccc4-c4ccccc43)nc(NP3Oc4ccccc4-c4ccccc43)n2)cc1. The van der Waals surface area contributed by atoms with Crippen LogP contribution in [0.15, 0.2) is 255 Å². The lowest BCUT2D eigenvalue weighted by atomic mass is 10.0. The highest BCUT2D eigenvalue weighted by molar-refractivity contribution is 7.69. The third kappa shape index (κ3) is 10.0. The minimum atomic E-state index is -3.78. The van der Waals surface area contributed by atoms with Crippen molar-refractivity contribution in [2.24, 2.45) is 0 Å². The highest BCUT2D eigenvalue weighted by Crippen LogP contribution is 2.57. The standard InChI is InChI=1S/C33H23N5O4P2.C33H23N5O2P2/c39-43(29-20-10-6-16-25(29)23-14-4-8-18-27(23)41-43)37-32-34-31(22-12-2-1-3-13-22)35-33(36-32)38-44(40)30-21-11-7-17-26(30)24-15-5-9-19-28(24)42-44;1-2-12-22(13-3-1)31-34-32(37-41-29-20-10-6-16-25(29)23-14-4-8-18-27(23)39-41)36-33(35-31)38-42-30-21-11-7-17-26(30)24-15-5-9-19-28(24)40-42/h1-21H,(H2,34,35,36,37,38,39,40);1-21H,(H2,34,35,36,37,38). The van der Waals surface area contributed by atoms with Crippen molar-refractivity contribution in [1.82, 2.24) is 29.9 Å². The summed E-state index contributed by atoms with van der Waals surface area (Å²) < 4.78 is 54.4. The lowest BCUT2D eigenvalue weighted by molar-refractivity contribution is 0.495. The van der Waals surface area contributed by atoms with Crippen molar-refractivity contribution in [1.29, 1.82) is 0 Å². The van der Waals surface area contributed by atoms with Crippen LogP contribution in [0.4, 0.5) is 23.8 Å². The van der Waals surface area contributed by atoms with Gasteiger partial charge in [-0.2, -0.15) is 29.9 Å². The molecule has 10 aromatic carbocycles. The van der Waals surface area contributed by atoms with Gasteiger partial charge in [0, 0.05) is 55.1 Å². The van der Waals surface area contributed by atoms with E-state index in [1.54, 1.807) is 24.3 Å². The molecule has 4 aliphatic heterocycles. The third-order valence-corrected chi connectivity index (χ3v) is 21.6. The Morgan fingerprint density at radius 2 is 0.593 bits per heavy atom. The summed E-state index contributed by atoms with van der Waals surface area (Å²) in [6, 6.07) is 81.6. The Morgan fingerprint density at radius 3 is 1.01 bits per heavy atom. The molecular weight excluding hydrogens is 1150 g/mol. The van der Waals surface area contributed by atoms with Gasteiger partial charge in [0.25, 0.3) is 0 Å². The van der Waals surface area contributed by atoms with Gasteiger partial charge in [0.05, 0.1) is 10.6 Å². The first kappa shape index (κ1) is 52.7. The second-order valence-corrected chi connectivity index (χ2v) is 26.8. The molecule has 0 saturated heterocycles. The number of nitrogens with zero attached hydrogens (tertiary/aromatic N) is 6. The molecule has 6 heterocycles. The summed E-state index contributed by atoms with van der Waals surface area (Å²) in [6.07, 6.45) is 0. The molecule has 4 aliphatic rings. The summed E-state index contributed by atoms with van der Waals surface area (Å²) in [5, 5.41) is 16.1. The molecule has 0 amide bonds. The molecule has 86 heavy (non-hydrogen) atoms. The summed E-state index contributed by atoms with van der Waals surface area (Å²) in [4.78, 5) is 28.3. The Hall–Kier alpha value is -10.1. The van der Waals surface area contributed by atoms with Gasteiger partial charge in [-0.05, 0) is 59.7 Å². The Morgan fingerprint density at radius 1 is 0.291 bits per heavy atom. The van der Waals surface area contributed by atoms with Crippen LogP contribution in [0.2, 0.25) is 0 Å². The zero-order valence-electron chi connectivity index (χ0n) is 45.2. The van der Waals surface area contributed by atoms with E-state index in [0.29, 0.717) is 45.4 Å². The molecule has 0 spiro atoms. The highest BCUT2D eigenvalue weighted by atomic mass is 31.2. The van der Waals surface area contributed by atoms with E-state index in [9.17, 15) is 9.13 Å². The van der Waals surface area contributed by atoms with Crippen molar-refractivity contribution in [2.75, 3.05) is 20.3 Å². The number of hydrogen-bond acceptors (Lipinski definition) is 14. The Balaban J connectivity index is 0.000000145. The second-order valence-electron chi connectivity index (χ2n) is 19.9. The van der Waals surface area contributed by atoms with E-state index < -0.39 is 31.6 Å². The highest BCUT2D eigenvalue weighted by Gasteiger charge is 2.40. The second kappa shape index (κ2) is 22.2. The average Bonchev–Trinajstić information content (AvgIpc) is 2.35. The van der Waals surface area contributed by atoms with Crippen molar-refractivity contribution in [2.45, 2.75) is 0 Å². The maximum atomic E-state index is 14.6. The predicted octanol–water partition coefficient (Wildman–Crippen LogP) is 15.3. The summed E-state index contributed by atoms with van der Waals surface area (Å²) in [6.45, 7) is 0. The van der Waals surface area contributed by atoms with E-state index in [1.807, 2.05) is 182 Å². The molecule has 4 unspecified atom stereocenters. The van der Waals surface area contributed by atoms with Crippen LogP contribution in [0, 0.1) is 0 Å². The molecule has 4 atom stereocenters. The fraction of sp³-hybridized carbons (Fsp3) is 0. The maximum Gasteiger partial charge on any atom is 0.374 e. The van der Waals surface area contributed by atoms with Gasteiger partial charge < -0.3 is 18.1 Å². The molecule has 12 aromatic rings. The van der Waals surface area contributed by atoms with Crippen LogP contribution < -0.4 is 59.7 Å². The molecule has 2 aromatic heterocycles. The van der Waals surface area contributed by atoms with Crippen molar-refractivity contribution < 1.29 is 27.2 Å². The lowest BCUT2D eigenvalue weighted by Gasteiger charge is -2.29. The Bertz CT molecular complexity index is 4460. The first-order chi connectivity index (χ1) is 42.3. The van der Waals surface area contributed by atoms with Crippen LogP contribution in [0.5, 0.6) is 23.0 Å². The normalized spacial score (nSPS) is 17.6. The lowest BCUT2D eigenvalue weighted by Crippen LogP contribution is -2.24. The monoisotopic (exact) mass is 1200 g/mol. The molecule has 20 heteroatoms. The van der Waals surface area contributed by atoms with Gasteiger partial charge in [-0.15, -0.1) is 0 Å². The number of hydrogen-bond donors (Lipinski definition) is 4. The molecule has 0 bridgehead atoms. The van der Waals surface area contributed by atoms with Crippen molar-refractivity contribution in [3.63, 3.8) is 0 Å². The number of para-hydroxylation sites is 4. The van der Waals surface area contributed by atoms with Crippen LogP contribution in [-0.4, -0.2) is 29.9 Å². The van der Waals surface area contributed by atoms with Crippen LogP contribution in [-0.2, 0) is 9.13 Å². The number of anilines is 4. The van der Waals surface area contributed by atoms with Crippen LogP contribution in [0.1, 0.15) is 0 Å². The van der Waals surface area contributed by atoms with Gasteiger partial charge in [0.1, 0.15) is 23.0 Å². The zero-order valence-corrected chi connectivity index (χ0v) is 48.7. The largest absolute Gasteiger partial charge is 0.448 e. The van der Waals surface area contributed by atoms with Crippen LogP contribution in [0.25, 0.3) is 67.3 Å². The number of nitrogens with one attached hydrogen (secondary N) is 4. The maximum absolute atomic E-state index is 14.6. The van der Waals surface area contributed by atoms with Crippen LogP contribution >= 0.6 is 31.6 Å². The van der Waals surface area contributed by atoms with Gasteiger partial charge >= 0.3 is 15.0 Å². The predicted molar refractivity (Wildman–Crippen MR) is 343 cm³/mol. The van der Waals surface area contributed by atoms with Crippen molar-refractivity contribution in [3.05, 3.63) is 255 Å². The smallest absolute Gasteiger partial charge is 0.374 e. The molecule has 0 radical (unpaired) electrons. The quantitative estimate of drug-likeness (QED) is 0.0943. The number of benzene rings is 10. The third-order valence-electron chi connectivity index (χ3n) is 14.5. The van der Waals surface area contributed by atoms with Crippen LogP contribution in [0.3, 0.4) is 0 Å². The van der Waals surface area contributed by atoms with E-state index in [-0.39, 0.29) is 17.7 Å². The molecular formula is C66H46N10O6P4. The van der Waals surface area contributed by atoms with E-state index >= 15 is 0 Å². The summed E-state index contributed by atoms with van der Waals surface area (Å²) in [7, 11) is -10.1. The molecule has 16 nitrogen and oxygen atoms in total. The number of rotatable bonds is 10. The number of aromatic nitrogens is 6. The summed E-state index contributed by atoms with van der Waals surface area (Å²) in [5.41, 5.74) is 9.26. The molecule has 416 valence electrons. The Kier molecular flexibility index (Phi) is 13.6. The van der Waals surface area contributed by atoms with Gasteiger partial charge in [-0.1, -0.05) is 206 Å². The Labute approximate surface area is 496 Å². The number of fused-ring (bicyclic) bond motifs is 12. The zero-order chi connectivity index (χ0) is 57.6. The fourth-order valence-corrected chi connectivity index (χ4v) is 17.4. The van der Waals surface area contributed by atoms with E-state index in [2.05, 4.69) is 83.8 Å². The first-order valence-electron chi connectivity index (χ1n) is 27.3. The van der Waals surface area contributed by atoms with E-state index in [4.69, 9.17) is 33.0 Å².